The number of hydrogen-bond donors (Lipinski definition) is 1. The lowest BCUT2D eigenvalue weighted by molar-refractivity contribution is 0.283. The Hall–Kier alpha value is -0.370. The molecule has 0 aromatic carbocycles. The van der Waals surface area contributed by atoms with E-state index in [4.69, 9.17) is 5.11 Å². The summed E-state index contributed by atoms with van der Waals surface area (Å²) in [5.41, 5.74) is 1.14. The number of hydrogen-bond acceptors (Lipinski definition) is 2. The third kappa shape index (κ3) is 7.63. The Morgan fingerprint density at radius 2 is 1.90 bits per heavy atom. The van der Waals surface area contributed by atoms with E-state index < -0.39 is 0 Å². The van der Waals surface area contributed by atoms with Gasteiger partial charge in [-0.3, -0.25) is 4.99 Å². The van der Waals surface area contributed by atoms with Crippen molar-refractivity contribution in [2.24, 2.45) is 4.99 Å². The van der Waals surface area contributed by atoms with Gasteiger partial charge in [-0.1, -0.05) is 0 Å². The molecule has 0 spiro atoms. The van der Waals surface area contributed by atoms with Gasteiger partial charge in [0, 0.05) is 18.9 Å². The van der Waals surface area contributed by atoms with Gasteiger partial charge >= 0.3 is 0 Å². The van der Waals surface area contributed by atoms with Crippen molar-refractivity contribution in [3.05, 3.63) is 0 Å². The highest BCUT2D eigenvalue weighted by molar-refractivity contribution is 5.78. The highest BCUT2D eigenvalue weighted by Gasteiger charge is 1.85. The minimum absolute atomic E-state index is 0.314. The predicted octanol–water partition coefficient (Wildman–Crippen LogP) is 1.63. The van der Waals surface area contributed by atoms with Crippen molar-refractivity contribution in [2.75, 3.05) is 13.2 Å². The number of aliphatic hydroxyl groups is 1. The maximum Gasteiger partial charge on any atom is 0.0431 e. The third-order valence-electron chi connectivity index (χ3n) is 1.24. The van der Waals surface area contributed by atoms with Crippen LogP contribution in [0.4, 0.5) is 0 Å². The largest absolute Gasteiger partial charge is 0.396 e. The van der Waals surface area contributed by atoms with E-state index in [0.717, 1.165) is 31.5 Å². The summed E-state index contributed by atoms with van der Waals surface area (Å²) in [7, 11) is 0. The van der Waals surface area contributed by atoms with Crippen molar-refractivity contribution in [2.45, 2.75) is 33.1 Å². The first kappa shape index (κ1) is 9.63. The first-order chi connectivity index (χ1) is 4.77. The molecule has 0 aromatic rings. The quantitative estimate of drug-likeness (QED) is 0.460. The van der Waals surface area contributed by atoms with Gasteiger partial charge in [0.1, 0.15) is 0 Å². The number of aliphatic imine (C=N–C) groups is 1. The molecule has 0 saturated heterocycles. The van der Waals surface area contributed by atoms with Gasteiger partial charge in [0.2, 0.25) is 0 Å². The van der Waals surface area contributed by atoms with E-state index in [9.17, 15) is 0 Å². The van der Waals surface area contributed by atoms with Crippen molar-refractivity contribution in [1.82, 2.24) is 0 Å². The highest BCUT2D eigenvalue weighted by Crippen LogP contribution is 1.94. The van der Waals surface area contributed by atoms with Crippen LogP contribution in [0.3, 0.4) is 0 Å². The normalized spacial score (nSPS) is 9.50. The van der Waals surface area contributed by atoms with Gasteiger partial charge in [-0.05, 0) is 33.1 Å². The fourth-order valence-electron chi connectivity index (χ4n) is 0.703. The van der Waals surface area contributed by atoms with Gasteiger partial charge in [-0.15, -0.1) is 0 Å². The molecule has 0 rings (SSSR count). The summed E-state index contributed by atoms with van der Waals surface area (Å²) in [5, 5.41) is 8.44. The molecule has 10 heavy (non-hydrogen) atoms. The van der Waals surface area contributed by atoms with E-state index in [1.165, 1.54) is 0 Å². The van der Waals surface area contributed by atoms with Gasteiger partial charge < -0.3 is 5.11 Å². The highest BCUT2D eigenvalue weighted by atomic mass is 16.2. The van der Waals surface area contributed by atoms with E-state index in [2.05, 4.69) is 4.99 Å². The summed E-state index contributed by atoms with van der Waals surface area (Å²) in [4.78, 5) is 4.23. The van der Waals surface area contributed by atoms with Crippen molar-refractivity contribution in [1.29, 1.82) is 0 Å². The number of nitrogens with zero attached hydrogens (tertiary/aromatic N) is 1. The zero-order chi connectivity index (χ0) is 7.82. The Bertz CT molecular complexity index is 95.4. The van der Waals surface area contributed by atoms with Crippen LogP contribution in [-0.4, -0.2) is 24.0 Å². The molecule has 0 bridgehead atoms. The number of unbranched alkanes of at least 4 members (excludes halogenated alkanes) is 2. The fourth-order valence-corrected chi connectivity index (χ4v) is 0.703. The molecule has 0 aliphatic rings. The summed E-state index contributed by atoms with van der Waals surface area (Å²) in [6, 6.07) is 0. The van der Waals surface area contributed by atoms with Crippen LogP contribution in [0, 0.1) is 0 Å². The maximum atomic E-state index is 8.44. The van der Waals surface area contributed by atoms with E-state index in [1.807, 2.05) is 13.8 Å². The summed E-state index contributed by atoms with van der Waals surface area (Å²) in [6.45, 7) is 5.25. The van der Waals surface area contributed by atoms with Crippen LogP contribution in [0.25, 0.3) is 0 Å². The average Bonchev–Trinajstić information content (AvgIpc) is 1.87. The summed E-state index contributed by atoms with van der Waals surface area (Å²) in [6.07, 6.45) is 3.11. The van der Waals surface area contributed by atoms with Gasteiger partial charge in [0.05, 0.1) is 0 Å². The Balaban J connectivity index is 2.98. The lowest BCUT2D eigenvalue weighted by Gasteiger charge is -1.94. The lowest BCUT2D eigenvalue weighted by atomic mass is 10.2. The Morgan fingerprint density at radius 1 is 1.20 bits per heavy atom. The molecular weight excluding hydrogens is 126 g/mol. The van der Waals surface area contributed by atoms with E-state index in [1.54, 1.807) is 0 Å². The molecule has 0 fully saturated rings. The van der Waals surface area contributed by atoms with Crippen LogP contribution in [-0.2, 0) is 0 Å². The van der Waals surface area contributed by atoms with Crippen molar-refractivity contribution in [3.63, 3.8) is 0 Å². The molecule has 1 N–H and O–H groups in total. The zero-order valence-electron chi connectivity index (χ0n) is 6.93. The molecule has 0 aromatic heterocycles. The topological polar surface area (TPSA) is 32.6 Å². The first-order valence-corrected chi connectivity index (χ1v) is 3.86. The molecule has 0 aliphatic heterocycles. The van der Waals surface area contributed by atoms with Crippen LogP contribution in [0.15, 0.2) is 4.99 Å². The molecule has 2 heteroatoms. The molecule has 0 amide bonds. The number of rotatable bonds is 5. The molecule has 0 radical (unpaired) electrons. The second-order valence-electron chi connectivity index (χ2n) is 2.61. The van der Waals surface area contributed by atoms with Crippen LogP contribution in [0.5, 0.6) is 0 Å². The summed E-state index contributed by atoms with van der Waals surface area (Å²) < 4.78 is 0. The molecule has 0 saturated carbocycles. The molecule has 2 nitrogen and oxygen atoms in total. The standard InChI is InChI=1S/C8H17NO/c1-8(2)9-6-4-3-5-7-10/h10H,3-7H2,1-2H3. The van der Waals surface area contributed by atoms with Crippen molar-refractivity contribution in [3.8, 4) is 0 Å². The minimum atomic E-state index is 0.314. The summed E-state index contributed by atoms with van der Waals surface area (Å²) in [5.74, 6) is 0. The lowest BCUT2D eigenvalue weighted by Crippen LogP contribution is -1.88. The van der Waals surface area contributed by atoms with Crippen LogP contribution < -0.4 is 0 Å². The Labute approximate surface area is 63.0 Å². The van der Waals surface area contributed by atoms with Gasteiger partial charge in [-0.2, -0.15) is 0 Å². The van der Waals surface area contributed by atoms with Crippen LogP contribution in [0.2, 0.25) is 0 Å². The van der Waals surface area contributed by atoms with Gasteiger partial charge in [0.15, 0.2) is 0 Å². The average molecular weight is 143 g/mol. The third-order valence-corrected chi connectivity index (χ3v) is 1.24. The van der Waals surface area contributed by atoms with Gasteiger partial charge in [-0.25, -0.2) is 0 Å². The maximum absolute atomic E-state index is 8.44. The smallest absolute Gasteiger partial charge is 0.0431 e. The summed E-state index contributed by atoms with van der Waals surface area (Å²) >= 11 is 0. The predicted molar refractivity (Wildman–Crippen MR) is 44.6 cm³/mol. The SMILES string of the molecule is CC(C)=NCCCCCO. The van der Waals surface area contributed by atoms with Crippen molar-refractivity contribution >= 4 is 5.71 Å². The van der Waals surface area contributed by atoms with Crippen LogP contribution in [0.1, 0.15) is 33.1 Å². The minimum Gasteiger partial charge on any atom is -0.396 e. The second-order valence-corrected chi connectivity index (χ2v) is 2.61. The zero-order valence-corrected chi connectivity index (χ0v) is 6.93. The molecule has 0 aliphatic carbocycles. The molecule has 60 valence electrons. The second kappa shape index (κ2) is 6.75. The van der Waals surface area contributed by atoms with Crippen molar-refractivity contribution < 1.29 is 5.11 Å². The van der Waals surface area contributed by atoms with E-state index in [-0.39, 0.29) is 0 Å². The molecular formula is C8H17NO. The molecule has 0 atom stereocenters. The van der Waals surface area contributed by atoms with E-state index in [0.29, 0.717) is 6.61 Å². The first-order valence-electron chi connectivity index (χ1n) is 3.86. The fraction of sp³-hybridized carbons (Fsp3) is 0.875. The van der Waals surface area contributed by atoms with Crippen LogP contribution >= 0.6 is 0 Å². The molecule has 0 unspecified atom stereocenters. The Kier molecular flexibility index (Phi) is 6.50. The Morgan fingerprint density at radius 3 is 2.40 bits per heavy atom. The number of aliphatic hydroxyl groups excluding tert-OH is 1. The molecule has 0 heterocycles. The van der Waals surface area contributed by atoms with E-state index >= 15 is 0 Å². The monoisotopic (exact) mass is 143 g/mol. The van der Waals surface area contributed by atoms with Gasteiger partial charge in [0.25, 0.3) is 0 Å².